The van der Waals surface area contributed by atoms with Crippen molar-refractivity contribution in [3.05, 3.63) is 11.1 Å². The Bertz CT molecular complexity index is 227. The molecule has 14 heavy (non-hydrogen) atoms. The lowest BCUT2D eigenvalue weighted by atomic mass is 10.0. The van der Waals surface area contributed by atoms with E-state index in [4.69, 9.17) is 0 Å². The van der Waals surface area contributed by atoms with Gasteiger partial charge in [-0.3, -0.25) is 4.90 Å². The second-order valence-corrected chi connectivity index (χ2v) is 3.77. The third kappa shape index (κ3) is 3.67. The highest BCUT2D eigenvalue weighted by Crippen LogP contribution is 2.17. The molecule has 1 aliphatic heterocycles. The third-order valence-corrected chi connectivity index (χ3v) is 2.24. The van der Waals surface area contributed by atoms with Gasteiger partial charge in [-0.05, 0) is 19.5 Å². The molecule has 0 aromatic carbocycles. The molecule has 0 aromatic rings. The summed E-state index contributed by atoms with van der Waals surface area (Å²) in [5.41, 5.74) is 2.29. The summed E-state index contributed by atoms with van der Waals surface area (Å²) in [5.74, 6) is 0. The summed E-state index contributed by atoms with van der Waals surface area (Å²) in [4.78, 5) is 1.29. The zero-order valence-electron chi connectivity index (χ0n) is 8.41. The lowest BCUT2D eigenvalue weighted by Gasteiger charge is -2.25. The Balaban J connectivity index is 2.37. The second kappa shape index (κ2) is 4.31. The van der Waals surface area contributed by atoms with E-state index in [1.807, 2.05) is 6.92 Å². The summed E-state index contributed by atoms with van der Waals surface area (Å²) < 4.78 is 36.0. The van der Waals surface area contributed by atoms with E-state index in [1.165, 1.54) is 17.5 Å². The summed E-state index contributed by atoms with van der Waals surface area (Å²) in [5, 5.41) is 3.07. The van der Waals surface area contributed by atoms with Crippen LogP contribution in [0.2, 0.25) is 0 Å². The summed E-state index contributed by atoms with van der Waals surface area (Å²) in [6.07, 6.45) is -4.10. The molecular weight excluding hydrogens is 193 g/mol. The first-order chi connectivity index (χ1) is 6.38. The van der Waals surface area contributed by atoms with Gasteiger partial charge in [-0.2, -0.15) is 13.2 Å². The van der Waals surface area contributed by atoms with Crippen molar-refractivity contribution in [2.75, 3.05) is 33.2 Å². The standard InChI is InChI=1S/C9H15F3N2/c1-7(8-3-13-4-8)5-14(2)6-9(10,11)12/h13H,3-6H2,1-2H3. The van der Waals surface area contributed by atoms with Gasteiger partial charge in [-0.1, -0.05) is 5.57 Å². The van der Waals surface area contributed by atoms with Crippen molar-refractivity contribution in [1.29, 1.82) is 0 Å². The Morgan fingerprint density at radius 3 is 2.36 bits per heavy atom. The zero-order valence-corrected chi connectivity index (χ0v) is 8.41. The monoisotopic (exact) mass is 208 g/mol. The molecule has 0 atom stereocenters. The van der Waals surface area contributed by atoms with Crippen LogP contribution in [0.25, 0.3) is 0 Å². The van der Waals surface area contributed by atoms with E-state index in [0.717, 1.165) is 18.7 Å². The fraction of sp³-hybridized carbons (Fsp3) is 0.778. The first kappa shape index (κ1) is 11.5. The molecule has 0 radical (unpaired) electrons. The highest BCUT2D eigenvalue weighted by Gasteiger charge is 2.29. The minimum atomic E-state index is -4.10. The predicted octanol–water partition coefficient (Wildman–Crippen LogP) is 1.40. The number of halogens is 3. The topological polar surface area (TPSA) is 15.3 Å². The van der Waals surface area contributed by atoms with E-state index in [2.05, 4.69) is 5.32 Å². The molecule has 82 valence electrons. The first-order valence-corrected chi connectivity index (χ1v) is 4.52. The molecule has 1 N–H and O–H groups in total. The molecule has 0 aromatic heterocycles. The van der Waals surface area contributed by atoms with Gasteiger partial charge in [0.25, 0.3) is 0 Å². The van der Waals surface area contributed by atoms with E-state index < -0.39 is 12.7 Å². The Morgan fingerprint density at radius 1 is 1.43 bits per heavy atom. The van der Waals surface area contributed by atoms with Crippen molar-refractivity contribution in [3.63, 3.8) is 0 Å². The summed E-state index contributed by atoms with van der Waals surface area (Å²) in [6.45, 7) is 3.10. The Hall–Kier alpha value is -0.550. The van der Waals surface area contributed by atoms with Crippen LogP contribution in [-0.4, -0.2) is 44.3 Å². The van der Waals surface area contributed by atoms with Crippen LogP contribution < -0.4 is 5.32 Å². The van der Waals surface area contributed by atoms with Crippen molar-refractivity contribution < 1.29 is 13.2 Å². The van der Waals surface area contributed by atoms with Crippen molar-refractivity contribution >= 4 is 0 Å². The number of nitrogens with zero attached hydrogens (tertiary/aromatic N) is 1. The van der Waals surface area contributed by atoms with E-state index in [-0.39, 0.29) is 0 Å². The zero-order chi connectivity index (χ0) is 10.8. The molecule has 1 aliphatic rings. The fourth-order valence-electron chi connectivity index (χ4n) is 1.43. The molecule has 1 fully saturated rings. The lowest BCUT2D eigenvalue weighted by Crippen LogP contribution is -2.37. The first-order valence-electron chi connectivity index (χ1n) is 4.52. The molecule has 1 rings (SSSR count). The van der Waals surface area contributed by atoms with E-state index in [1.54, 1.807) is 0 Å². The molecule has 1 saturated heterocycles. The van der Waals surface area contributed by atoms with Gasteiger partial charge in [-0.25, -0.2) is 0 Å². The number of alkyl halides is 3. The van der Waals surface area contributed by atoms with Gasteiger partial charge in [-0.15, -0.1) is 0 Å². The smallest absolute Gasteiger partial charge is 0.309 e. The molecular formula is C9H15F3N2. The van der Waals surface area contributed by atoms with Gasteiger partial charge in [0.1, 0.15) is 0 Å². The number of hydrogen-bond donors (Lipinski definition) is 1. The SMILES string of the molecule is CC(CN(C)CC(F)(F)F)=C1CNC1. The van der Waals surface area contributed by atoms with Crippen molar-refractivity contribution in [2.24, 2.45) is 0 Å². The molecule has 0 spiro atoms. The predicted molar refractivity (Wildman–Crippen MR) is 49.1 cm³/mol. The van der Waals surface area contributed by atoms with Crippen LogP contribution in [0.1, 0.15) is 6.92 Å². The van der Waals surface area contributed by atoms with Crippen LogP contribution in [0.3, 0.4) is 0 Å². The molecule has 1 heterocycles. The maximum absolute atomic E-state index is 12.0. The highest BCUT2D eigenvalue weighted by atomic mass is 19.4. The van der Waals surface area contributed by atoms with Crippen molar-refractivity contribution in [2.45, 2.75) is 13.1 Å². The van der Waals surface area contributed by atoms with E-state index >= 15 is 0 Å². The van der Waals surface area contributed by atoms with Crippen LogP contribution in [0.5, 0.6) is 0 Å². The highest BCUT2D eigenvalue weighted by molar-refractivity contribution is 5.22. The van der Waals surface area contributed by atoms with Crippen LogP contribution >= 0.6 is 0 Å². The van der Waals surface area contributed by atoms with Crippen LogP contribution in [0, 0.1) is 0 Å². The van der Waals surface area contributed by atoms with Crippen LogP contribution in [0.4, 0.5) is 13.2 Å². The number of rotatable bonds is 3. The fourth-order valence-corrected chi connectivity index (χ4v) is 1.43. The maximum atomic E-state index is 12.0. The van der Waals surface area contributed by atoms with Gasteiger partial charge in [0.15, 0.2) is 0 Å². The average Bonchev–Trinajstić information content (AvgIpc) is 1.75. The van der Waals surface area contributed by atoms with Gasteiger partial charge in [0, 0.05) is 19.6 Å². The second-order valence-electron chi connectivity index (χ2n) is 3.77. The van der Waals surface area contributed by atoms with E-state index in [9.17, 15) is 13.2 Å². The number of hydrogen-bond acceptors (Lipinski definition) is 2. The van der Waals surface area contributed by atoms with Gasteiger partial charge in [0.05, 0.1) is 6.54 Å². The molecule has 0 bridgehead atoms. The van der Waals surface area contributed by atoms with E-state index in [0.29, 0.717) is 6.54 Å². The summed E-state index contributed by atoms with van der Waals surface area (Å²) >= 11 is 0. The molecule has 0 unspecified atom stereocenters. The summed E-state index contributed by atoms with van der Waals surface area (Å²) in [7, 11) is 1.49. The number of likely N-dealkylation sites (N-methyl/N-ethyl adjacent to an activating group) is 1. The average molecular weight is 208 g/mol. The lowest BCUT2D eigenvalue weighted by molar-refractivity contribution is -0.142. The maximum Gasteiger partial charge on any atom is 0.401 e. The van der Waals surface area contributed by atoms with Crippen molar-refractivity contribution in [1.82, 2.24) is 10.2 Å². The minimum absolute atomic E-state index is 0.399. The molecule has 0 aliphatic carbocycles. The largest absolute Gasteiger partial charge is 0.401 e. The van der Waals surface area contributed by atoms with Gasteiger partial charge < -0.3 is 5.32 Å². The Labute approximate surface area is 81.8 Å². The third-order valence-electron chi connectivity index (χ3n) is 2.24. The Morgan fingerprint density at radius 2 is 2.00 bits per heavy atom. The summed E-state index contributed by atoms with van der Waals surface area (Å²) in [6, 6.07) is 0. The molecule has 2 nitrogen and oxygen atoms in total. The molecule has 0 amide bonds. The quantitative estimate of drug-likeness (QED) is 0.705. The number of nitrogens with one attached hydrogen (secondary N) is 1. The van der Waals surface area contributed by atoms with Crippen LogP contribution in [-0.2, 0) is 0 Å². The van der Waals surface area contributed by atoms with Gasteiger partial charge in [0.2, 0.25) is 0 Å². The minimum Gasteiger partial charge on any atom is -0.309 e. The van der Waals surface area contributed by atoms with Crippen LogP contribution in [0.15, 0.2) is 11.1 Å². The molecule has 5 heteroatoms. The van der Waals surface area contributed by atoms with Crippen molar-refractivity contribution in [3.8, 4) is 0 Å². The Kier molecular flexibility index (Phi) is 3.55. The molecule has 0 saturated carbocycles. The normalized spacial score (nSPS) is 17.1. The van der Waals surface area contributed by atoms with Gasteiger partial charge >= 0.3 is 6.18 Å².